The summed E-state index contributed by atoms with van der Waals surface area (Å²) in [4.78, 5) is 23.6. The SMILES string of the molecule is Cc1occc1C(=O)OCC(=O)Nc1ccc(C(C)(C)C)cc1. The zero-order chi connectivity index (χ0) is 17.0. The van der Waals surface area contributed by atoms with Crippen molar-refractivity contribution in [3.05, 3.63) is 53.5 Å². The highest BCUT2D eigenvalue weighted by Gasteiger charge is 2.15. The highest BCUT2D eigenvalue weighted by Crippen LogP contribution is 2.23. The topological polar surface area (TPSA) is 68.5 Å². The molecule has 1 amide bonds. The molecule has 1 heterocycles. The monoisotopic (exact) mass is 315 g/mol. The fourth-order valence-electron chi connectivity index (χ4n) is 2.06. The Balaban J connectivity index is 1.88. The average molecular weight is 315 g/mol. The summed E-state index contributed by atoms with van der Waals surface area (Å²) >= 11 is 0. The van der Waals surface area contributed by atoms with Crippen LogP contribution in [0.1, 0.15) is 42.5 Å². The van der Waals surface area contributed by atoms with Gasteiger partial charge in [-0.2, -0.15) is 0 Å². The van der Waals surface area contributed by atoms with Crippen LogP contribution in [0.5, 0.6) is 0 Å². The second-order valence-electron chi connectivity index (χ2n) is 6.34. The van der Waals surface area contributed by atoms with Gasteiger partial charge in [-0.15, -0.1) is 0 Å². The standard InChI is InChI=1S/C18H21NO4/c1-12-15(9-10-22-12)17(21)23-11-16(20)19-14-7-5-13(6-8-14)18(2,3)4/h5-10H,11H2,1-4H3,(H,19,20). The summed E-state index contributed by atoms with van der Waals surface area (Å²) < 4.78 is 9.99. The highest BCUT2D eigenvalue weighted by molar-refractivity contribution is 5.95. The van der Waals surface area contributed by atoms with Gasteiger partial charge in [-0.05, 0) is 36.1 Å². The Morgan fingerprint density at radius 3 is 2.30 bits per heavy atom. The molecule has 0 spiro atoms. The summed E-state index contributed by atoms with van der Waals surface area (Å²) in [6.07, 6.45) is 1.41. The number of esters is 1. The number of benzene rings is 1. The zero-order valence-electron chi connectivity index (χ0n) is 13.8. The number of nitrogens with one attached hydrogen (secondary N) is 1. The molecule has 0 saturated heterocycles. The first kappa shape index (κ1) is 16.8. The van der Waals surface area contributed by atoms with Crippen LogP contribution in [0, 0.1) is 6.92 Å². The van der Waals surface area contributed by atoms with Gasteiger partial charge in [0.2, 0.25) is 0 Å². The highest BCUT2D eigenvalue weighted by atomic mass is 16.5. The second-order valence-corrected chi connectivity index (χ2v) is 6.34. The van der Waals surface area contributed by atoms with Crippen molar-refractivity contribution >= 4 is 17.6 Å². The Bertz CT molecular complexity index is 693. The van der Waals surface area contributed by atoms with E-state index in [4.69, 9.17) is 9.15 Å². The predicted molar refractivity (Wildman–Crippen MR) is 87.5 cm³/mol. The molecule has 0 saturated carbocycles. The van der Waals surface area contributed by atoms with Crippen molar-refractivity contribution < 1.29 is 18.7 Å². The minimum Gasteiger partial charge on any atom is -0.469 e. The van der Waals surface area contributed by atoms with Crippen molar-refractivity contribution in [2.45, 2.75) is 33.1 Å². The summed E-state index contributed by atoms with van der Waals surface area (Å²) in [6.45, 7) is 7.69. The van der Waals surface area contributed by atoms with Crippen LogP contribution in [0.2, 0.25) is 0 Å². The number of aryl methyl sites for hydroxylation is 1. The lowest BCUT2D eigenvalue weighted by Crippen LogP contribution is -2.21. The van der Waals surface area contributed by atoms with Crippen molar-refractivity contribution in [3.8, 4) is 0 Å². The first-order valence-electron chi connectivity index (χ1n) is 7.39. The first-order chi connectivity index (χ1) is 10.8. The molecule has 2 aromatic rings. The lowest BCUT2D eigenvalue weighted by molar-refractivity contribution is -0.119. The zero-order valence-corrected chi connectivity index (χ0v) is 13.8. The summed E-state index contributed by atoms with van der Waals surface area (Å²) in [6, 6.07) is 9.12. The average Bonchev–Trinajstić information content (AvgIpc) is 2.90. The van der Waals surface area contributed by atoms with E-state index < -0.39 is 5.97 Å². The van der Waals surface area contributed by atoms with E-state index in [1.165, 1.54) is 17.9 Å². The summed E-state index contributed by atoms with van der Waals surface area (Å²) in [5, 5.41) is 2.70. The Hall–Kier alpha value is -2.56. The fourth-order valence-corrected chi connectivity index (χ4v) is 2.06. The van der Waals surface area contributed by atoms with E-state index in [0.29, 0.717) is 17.0 Å². The van der Waals surface area contributed by atoms with Gasteiger partial charge in [-0.25, -0.2) is 4.79 Å². The summed E-state index contributed by atoms with van der Waals surface area (Å²) in [5.74, 6) is -0.495. The van der Waals surface area contributed by atoms with Crippen LogP contribution >= 0.6 is 0 Å². The van der Waals surface area contributed by atoms with E-state index in [-0.39, 0.29) is 17.9 Å². The molecule has 2 rings (SSSR count). The van der Waals surface area contributed by atoms with Gasteiger partial charge in [0.1, 0.15) is 11.3 Å². The van der Waals surface area contributed by atoms with Crippen molar-refractivity contribution in [3.63, 3.8) is 0 Å². The van der Waals surface area contributed by atoms with Gasteiger partial charge in [-0.1, -0.05) is 32.9 Å². The molecule has 0 fully saturated rings. The van der Waals surface area contributed by atoms with E-state index in [1.54, 1.807) is 6.92 Å². The second kappa shape index (κ2) is 6.69. The van der Waals surface area contributed by atoms with Gasteiger partial charge in [0, 0.05) is 5.69 Å². The molecule has 5 nitrogen and oxygen atoms in total. The number of amides is 1. The summed E-state index contributed by atoms with van der Waals surface area (Å²) in [5.41, 5.74) is 2.23. The number of carbonyl (C=O) groups is 2. The Morgan fingerprint density at radius 2 is 1.78 bits per heavy atom. The molecule has 0 atom stereocenters. The molecule has 1 N–H and O–H groups in total. The summed E-state index contributed by atoms with van der Waals surface area (Å²) in [7, 11) is 0. The number of anilines is 1. The molecule has 0 aliphatic heterocycles. The van der Waals surface area contributed by atoms with Crippen LogP contribution < -0.4 is 5.32 Å². The molecular formula is C18H21NO4. The quantitative estimate of drug-likeness (QED) is 0.874. The van der Waals surface area contributed by atoms with Gasteiger partial charge in [-0.3, -0.25) is 4.79 Å². The van der Waals surface area contributed by atoms with Gasteiger partial charge < -0.3 is 14.5 Å². The van der Waals surface area contributed by atoms with Crippen LogP contribution in [0.25, 0.3) is 0 Å². The van der Waals surface area contributed by atoms with Crippen molar-refractivity contribution in [1.29, 1.82) is 0 Å². The van der Waals surface area contributed by atoms with Gasteiger partial charge >= 0.3 is 5.97 Å². The molecular weight excluding hydrogens is 294 g/mol. The molecule has 0 aliphatic carbocycles. The largest absolute Gasteiger partial charge is 0.469 e. The number of carbonyl (C=O) groups excluding carboxylic acids is 2. The number of rotatable bonds is 4. The normalized spacial score (nSPS) is 11.1. The minimum atomic E-state index is -0.575. The smallest absolute Gasteiger partial charge is 0.342 e. The molecule has 0 unspecified atom stereocenters. The van der Waals surface area contributed by atoms with Crippen LogP contribution in [0.3, 0.4) is 0 Å². The van der Waals surface area contributed by atoms with E-state index in [1.807, 2.05) is 24.3 Å². The van der Waals surface area contributed by atoms with Gasteiger partial charge in [0.25, 0.3) is 5.91 Å². The maximum atomic E-state index is 11.8. The molecule has 1 aromatic heterocycles. The predicted octanol–water partition coefficient (Wildman–Crippen LogP) is 3.68. The first-order valence-corrected chi connectivity index (χ1v) is 7.39. The van der Waals surface area contributed by atoms with Crippen molar-refractivity contribution in [2.24, 2.45) is 0 Å². The maximum absolute atomic E-state index is 11.8. The Morgan fingerprint density at radius 1 is 1.13 bits per heavy atom. The third-order valence-corrected chi connectivity index (χ3v) is 3.45. The third kappa shape index (κ3) is 4.45. The van der Waals surface area contributed by atoms with E-state index in [9.17, 15) is 9.59 Å². The van der Waals surface area contributed by atoms with E-state index in [0.717, 1.165) is 0 Å². The lowest BCUT2D eigenvalue weighted by Gasteiger charge is -2.19. The molecule has 5 heteroatoms. The molecule has 0 radical (unpaired) electrons. The van der Waals surface area contributed by atoms with Crippen LogP contribution in [-0.2, 0) is 14.9 Å². The number of ether oxygens (including phenoxy) is 1. The lowest BCUT2D eigenvalue weighted by atomic mass is 9.87. The van der Waals surface area contributed by atoms with E-state index in [2.05, 4.69) is 26.1 Å². The number of furan rings is 1. The van der Waals surface area contributed by atoms with Crippen LogP contribution in [-0.4, -0.2) is 18.5 Å². The Kier molecular flexibility index (Phi) is 4.89. The Labute approximate surface area is 135 Å². The van der Waals surface area contributed by atoms with Gasteiger partial charge in [0.05, 0.1) is 6.26 Å². The molecule has 0 bridgehead atoms. The molecule has 122 valence electrons. The van der Waals surface area contributed by atoms with Crippen LogP contribution in [0.15, 0.2) is 41.0 Å². The fraction of sp³-hybridized carbons (Fsp3) is 0.333. The number of hydrogen-bond donors (Lipinski definition) is 1. The molecule has 0 aliphatic rings. The maximum Gasteiger partial charge on any atom is 0.342 e. The van der Waals surface area contributed by atoms with E-state index >= 15 is 0 Å². The third-order valence-electron chi connectivity index (χ3n) is 3.45. The molecule has 23 heavy (non-hydrogen) atoms. The van der Waals surface area contributed by atoms with Gasteiger partial charge in [0.15, 0.2) is 6.61 Å². The van der Waals surface area contributed by atoms with Crippen molar-refractivity contribution in [2.75, 3.05) is 11.9 Å². The van der Waals surface area contributed by atoms with Crippen molar-refractivity contribution in [1.82, 2.24) is 0 Å². The minimum absolute atomic E-state index is 0.0561. The van der Waals surface area contributed by atoms with Crippen LogP contribution in [0.4, 0.5) is 5.69 Å². The number of hydrogen-bond acceptors (Lipinski definition) is 4. The molecule has 1 aromatic carbocycles.